The van der Waals surface area contributed by atoms with E-state index >= 15 is 0 Å². The number of rotatable bonds is 21. The van der Waals surface area contributed by atoms with Crippen molar-refractivity contribution < 1.29 is 17.4 Å². The largest absolute Gasteiger partial charge is 0.228 e. The molecule has 186 valence electrons. The third-order valence-corrected chi connectivity index (χ3v) is 6.74. The molecular formula is C27H57CrN3. The standard InChI is InChI=1S/C27H57N3.Cr/c1-4-7-10-13-16-19-23-28-25-22-26-29(24-20-17-14-11-8-5-2)30(28)27-21-18-15-12-9-6-3;/h4-27H2,1-3H3;. The van der Waals surface area contributed by atoms with E-state index in [0.29, 0.717) is 0 Å². The van der Waals surface area contributed by atoms with Crippen molar-refractivity contribution in [2.45, 2.75) is 143 Å². The van der Waals surface area contributed by atoms with Gasteiger partial charge in [0.05, 0.1) is 0 Å². The first-order valence-electron chi connectivity index (χ1n) is 14.1. The van der Waals surface area contributed by atoms with Crippen molar-refractivity contribution in [1.29, 1.82) is 0 Å². The fraction of sp³-hybridized carbons (Fsp3) is 1.00. The zero-order valence-corrected chi connectivity index (χ0v) is 23.0. The Kier molecular flexibility index (Phi) is 23.9. The maximum absolute atomic E-state index is 2.71. The molecule has 3 nitrogen and oxygen atoms in total. The molecule has 31 heavy (non-hydrogen) atoms. The van der Waals surface area contributed by atoms with Crippen molar-refractivity contribution in [1.82, 2.24) is 15.1 Å². The summed E-state index contributed by atoms with van der Waals surface area (Å²) >= 11 is 0. The van der Waals surface area contributed by atoms with E-state index in [1.807, 2.05) is 0 Å². The third kappa shape index (κ3) is 16.6. The smallest absolute Gasteiger partial charge is 0.0293 e. The van der Waals surface area contributed by atoms with Gasteiger partial charge < -0.3 is 0 Å². The second-order valence-electron chi connectivity index (χ2n) is 9.66. The Morgan fingerprint density at radius 1 is 0.419 bits per heavy atom. The third-order valence-electron chi connectivity index (χ3n) is 6.74. The summed E-state index contributed by atoms with van der Waals surface area (Å²) in [5.74, 6) is 0. The first kappa shape index (κ1) is 31.4. The van der Waals surface area contributed by atoms with Crippen molar-refractivity contribution in [2.24, 2.45) is 0 Å². The molecule has 0 bridgehead atoms. The summed E-state index contributed by atoms with van der Waals surface area (Å²) in [6, 6.07) is 0. The molecule has 4 heteroatoms. The van der Waals surface area contributed by atoms with Gasteiger partial charge in [-0.15, -0.1) is 0 Å². The topological polar surface area (TPSA) is 9.72 Å². The second kappa shape index (κ2) is 23.6. The summed E-state index contributed by atoms with van der Waals surface area (Å²) in [5, 5.41) is 8.13. The molecule has 0 saturated carbocycles. The van der Waals surface area contributed by atoms with Gasteiger partial charge >= 0.3 is 0 Å². The predicted octanol–water partition coefficient (Wildman–Crippen LogP) is 8.21. The summed E-state index contributed by atoms with van der Waals surface area (Å²) in [7, 11) is 0. The maximum Gasteiger partial charge on any atom is 0.0293 e. The van der Waals surface area contributed by atoms with Gasteiger partial charge in [-0.05, 0) is 25.7 Å². The number of hydrazine groups is 2. The van der Waals surface area contributed by atoms with Gasteiger partial charge in [-0.25, -0.2) is 10.0 Å². The Morgan fingerprint density at radius 2 is 0.742 bits per heavy atom. The average molecular weight is 476 g/mol. The van der Waals surface area contributed by atoms with E-state index in [4.69, 9.17) is 0 Å². The summed E-state index contributed by atoms with van der Waals surface area (Å²) in [5.41, 5.74) is 0. The molecule has 0 unspecified atom stereocenters. The van der Waals surface area contributed by atoms with Gasteiger partial charge in [-0.3, -0.25) is 0 Å². The zero-order valence-electron chi connectivity index (χ0n) is 21.7. The molecule has 1 saturated heterocycles. The van der Waals surface area contributed by atoms with E-state index in [9.17, 15) is 0 Å². The first-order valence-corrected chi connectivity index (χ1v) is 14.1. The van der Waals surface area contributed by atoms with Crippen LogP contribution >= 0.6 is 0 Å². The van der Waals surface area contributed by atoms with Gasteiger partial charge in [0.1, 0.15) is 0 Å². The van der Waals surface area contributed by atoms with Crippen LogP contribution in [-0.4, -0.2) is 47.9 Å². The second-order valence-corrected chi connectivity index (χ2v) is 9.66. The first-order chi connectivity index (χ1) is 14.8. The van der Waals surface area contributed by atoms with E-state index < -0.39 is 0 Å². The van der Waals surface area contributed by atoms with Crippen LogP contribution in [0.4, 0.5) is 0 Å². The molecular weight excluding hydrogens is 418 g/mol. The molecule has 1 rings (SSSR count). The minimum atomic E-state index is 0. The van der Waals surface area contributed by atoms with Crippen LogP contribution in [0.25, 0.3) is 0 Å². The summed E-state index contributed by atoms with van der Waals surface area (Å²) in [6.45, 7) is 13.3. The molecule has 0 atom stereocenters. The van der Waals surface area contributed by atoms with Crippen molar-refractivity contribution in [2.75, 3.05) is 32.7 Å². The molecule has 0 N–H and O–H groups in total. The summed E-state index contributed by atoms with van der Waals surface area (Å²) < 4.78 is 0. The molecule has 0 amide bonds. The average Bonchev–Trinajstić information content (AvgIpc) is 2.76. The van der Waals surface area contributed by atoms with Gasteiger partial charge in [0.15, 0.2) is 0 Å². The van der Waals surface area contributed by atoms with Crippen LogP contribution < -0.4 is 0 Å². The van der Waals surface area contributed by atoms with E-state index in [-0.39, 0.29) is 17.4 Å². The van der Waals surface area contributed by atoms with Gasteiger partial charge in [0, 0.05) is 50.1 Å². The van der Waals surface area contributed by atoms with Crippen LogP contribution in [0.15, 0.2) is 0 Å². The maximum atomic E-state index is 2.71. The molecule has 0 aromatic heterocycles. The fourth-order valence-electron chi connectivity index (χ4n) is 4.77. The normalized spacial score (nSPS) is 16.0. The van der Waals surface area contributed by atoms with Gasteiger partial charge in [-0.2, -0.15) is 5.12 Å². The summed E-state index contributed by atoms with van der Waals surface area (Å²) in [6.07, 6.45) is 26.6. The van der Waals surface area contributed by atoms with Crippen LogP contribution in [-0.2, 0) is 17.4 Å². The van der Waals surface area contributed by atoms with Crippen LogP contribution in [0.1, 0.15) is 143 Å². The Balaban J connectivity index is 0.00000900. The monoisotopic (exact) mass is 475 g/mol. The van der Waals surface area contributed by atoms with Crippen molar-refractivity contribution in [3.05, 3.63) is 0 Å². The minimum Gasteiger partial charge on any atom is -0.228 e. The molecule has 1 fully saturated rings. The SMILES string of the molecule is CCCCCCCCN1CCCN(CCCCCCCC)N1CCCCCCCC.[Cr]. The van der Waals surface area contributed by atoms with Gasteiger partial charge in [0.25, 0.3) is 0 Å². The zero-order chi connectivity index (χ0) is 21.7. The van der Waals surface area contributed by atoms with Gasteiger partial charge in [0.2, 0.25) is 0 Å². The number of hydrogen-bond acceptors (Lipinski definition) is 3. The Labute approximate surface area is 207 Å². The Morgan fingerprint density at radius 3 is 1.13 bits per heavy atom. The van der Waals surface area contributed by atoms with Gasteiger partial charge in [-0.1, -0.05) is 117 Å². The molecule has 1 heterocycles. The van der Waals surface area contributed by atoms with Crippen molar-refractivity contribution in [3.63, 3.8) is 0 Å². The fourth-order valence-corrected chi connectivity index (χ4v) is 4.77. The molecule has 0 spiro atoms. The number of nitrogens with zero attached hydrogens (tertiary/aromatic N) is 3. The molecule has 1 aliphatic heterocycles. The molecule has 0 radical (unpaired) electrons. The number of unbranched alkanes of at least 4 members (excludes halogenated alkanes) is 15. The van der Waals surface area contributed by atoms with Crippen LogP contribution in [0.2, 0.25) is 0 Å². The van der Waals surface area contributed by atoms with Crippen LogP contribution in [0, 0.1) is 0 Å². The van der Waals surface area contributed by atoms with Crippen molar-refractivity contribution in [3.8, 4) is 0 Å². The molecule has 1 aliphatic rings. The minimum absolute atomic E-state index is 0. The quantitative estimate of drug-likeness (QED) is 0.155. The Hall–Kier alpha value is 0.412. The Bertz CT molecular complexity index is 329. The predicted molar refractivity (Wildman–Crippen MR) is 135 cm³/mol. The molecule has 0 aromatic carbocycles. The summed E-state index contributed by atoms with van der Waals surface area (Å²) in [4.78, 5) is 0. The molecule has 0 aliphatic carbocycles. The van der Waals surface area contributed by atoms with Crippen LogP contribution in [0.5, 0.6) is 0 Å². The van der Waals surface area contributed by atoms with Crippen molar-refractivity contribution >= 4 is 0 Å². The van der Waals surface area contributed by atoms with E-state index in [0.717, 1.165) is 0 Å². The van der Waals surface area contributed by atoms with E-state index in [1.54, 1.807) is 0 Å². The van der Waals surface area contributed by atoms with E-state index in [1.165, 1.54) is 155 Å². The number of hydrogen-bond donors (Lipinski definition) is 0. The molecule has 0 aromatic rings. The van der Waals surface area contributed by atoms with E-state index in [2.05, 4.69) is 35.9 Å². The van der Waals surface area contributed by atoms with Crippen LogP contribution in [0.3, 0.4) is 0 Å².